The average Bonchev–Trinajstić information content (AvgIpc) is 1.97. The molecule has 1 rings (SSSR count). The van der Waals surface area contributed by atoms with Crippen LogP contribution in [0.2, 0.25) is 5.02 Å². The lowest BCUT2D eigenvalue weighted by molar-refractivity contribution is 0.624. The maximum Gasteiger partial charge on any atom is 0.143 e. The molecule has 0 spiro atoms. The van der Waals surface area contributed by atoms with Gasteiger partial charge in [-0.1, -0.05) is 11.6 Å². The first-order valence-corrected chi connectivity index (χ1v) is 3.17. The fourth-order valence-corrected chi connectivity index (χ4v) is 0.812. The van der Waals surface area contributed by atoms with Crippen LogP contribution >= 0.6 is 11.6 Å². The molecule has 11 heavy (non-hydrogen) atoms. The van der Waals surface area contributed by atoms with E-state index in [-0.39, 0.29) is 16.3 Å². The molecule has 0 saturated heterocycles. The summed E-state index contributed by atoms with van der Waals surface area (Å²) in [6.07, 6.45) is 0. The number of hydrogen-bond acceptors (Lipinski definition) is 2. The highest BCUT2D eigenvalue weighted by atomic mass is 35.5. The molecule has 0 amide bonds. The summed E-state index contributed by atoms with van der Waals surface area (Å²) in [6.45, 7) is 0. The summed E-state index contributed by atoms with van der Waals surface area (Å²) in [6, 6.07) is 3.88. The van der Waals surface area contributed by atoms with Crippen LogP contribution in [0.3, 0.4) is 0 Å². The van der Waals surface area contributed by atoms with Gasteiger partial charge in [-0.15, -0.1) is 0 Å². The Labute approximate surface area is 68.0 Å². The predicted octanol–water partition coefficient (Wildman–Crippen LogP) is 1.93. The minimum absolute atomic E-state index is 0.0933. The Morgan fingerprint density at radius 2 is 2.18 bits per heavy atom. The molecule has 2 N–H and O–H groups in total. The molecule has 1 aromatic rings. The molecule has 56 valence electrons. The second kappa shape index (κ2) is 2.77. The van der Waals surface area contributed by atoms with Crippen LogP contribution in [0.15, 0.2) is 12.1 Å². The molecule has 0 atom stereocenters. The Kier molecular flexibility index (Phi) is 1.97. The van der Waals surface area contributed by atoms with Crippen LogP contribution in [0, 0.1) is 17.1 Å². The Morgan fingerprint density at radius 1 is 1.55 bits per heavy atom. The first-order valence-electron chi connectivity index (χ1n) is 2.79. The zero-order chi connectivity index (χ0) is 8.43. The van der Waals surface area contributed by atoms with Crippen molar-refractivity contribution < 1.29 is 4.39 Å². The first kappa shape index (κ1) is 7.83. The number of nitrogen functional groups attached to an aromatic ring is 1. The lowest BCUT2D eigenvalue weighted by atomic mass is 10.2. The van der Waals surface area contributed by atoms with Crippen molar-refractivity contribution in [2.45, 2.75) is 0 Å². The standard InChI is InChI=1S/C7H4ClFN2/c8-5-1-4(3-10)6(9)2-7(5)11/h1-2H,11H2. The smallest absolute Gasteiger partial charge is 0.143 e. The summed E-state index contributed by atoms with van der Waals surface area (Å²) in [5.74, 6) is -0.644. The van der Waals surface area contributed by atoms with E-state index >= 15 is 0 Å². The van der Waals surface area contributed by atoms with Gasteiger partial charge in [-0.3, -0.25) is 0 Å². The number of nitrogens with two attached hydrogens (primary N) is 1. The Bertz CT molecular complexity index is 330. The molecule has 4 heteroatoms. The number of rotatable bonds is 0. The molecule has 0 bridgehead atoms. The second-order valence-electron chi connectivity index (χ2n) is 1.97. The molecule has 0 unspecified atom stereocenters. The van der Waals surface area contributed by atoms with Crippen LogP contribution in [-0.4, -0.2) is 0 Å². The van der Waals surface area contributed by atoms with Gasteiger partial charge in [0.2, 0.25) is 0 Å². The topological polar surface area (TPSA) is 49.8 Å². The maximum absolute atomic E-state index is 12.7. The summed E-state index contributed by atoms with van der Waals surface area (Å²) in [4.78, 5) is 0. The number of anilines is 1. The third-order valence-electron chi connectivity index (χ3n) is 1.21. The number of halogens is 2. The molecule has 0 fully saturated rings. The van der Waals surface area contributed by atoms with Gasteiger partial charge in [0.15, 0.2) is 0 Å². The summed E-state index contributed by atoms with van der Waals surface area (Å²) in [5, 5.41) is 8.54. The zero-order valence-electron chi connectivity index (χ0n) is 5.44. The number of nitrogens with zero attached hydrogens (tertiary/aromatic N) is 1. The first-order chi connectivity index (χ1) is 5.15. The molecule has 0 heterocycles. The lowest BCUT2D eigenvalue weighted by Gasteiger charge is -1.97. The van der Waals surface area contributed by atoms with Crippen molar-refractivity contribution in [3.05, 3.63) is 28.5 Å². The van der Waals surface area contributed by atoms with Crippen molar-refractivity contribution in [3.8, 4) is 6.07 Å². The zero-order valence-corrected chi connectivity index (χ0v) is 6.19. The summed E-state index contributed by atoms with van der Waals surface area (Å²) >= 11 is 5.52. The molecule has 0 saturated carbocycles. The number of benzene rings is 1. The van der Waals surface area contributed by atoms with Gasteiger partial charge < -0.3 is 5.73 Å². The highest BCUT2D eigenvalue weighted by molar-refractivity contribution is 6.33. The average molecular weight is 171 g/mol. The van der Waals surface area contributed by atoms with Crippen LogP contribution in [0.1, 0.15) is 5.56 Å². The van der Waals surface area contributed by atoms with E-state index < -0.39 is 5.82 Å². The van der Waals surface area contributed by atoms with Gasteiger partial charge in [-0.2, -0.15) is 5.26 Å². The van der Waals surface area contributed by atoms with Crippen LogP contribution in [0.5, 0.6) is 0 Å². The van der Waals surface area contributed by atoms with Gasteiger partial charge in [-0.05, 0) is 12.1 Å². The van der Waals surface area contributed by atoms with E-state index in [0.29, 0.717) is 0 Å². The monoisotopic (exact) mass is 170 g/mol. The molecule has 1 aromatic carbocycles. The van der Waals surface area contributed by atoms with Crippen molar-refractivity contribution >= 4 is 17.3 Å². The number of hydrogen-bond donors (Lipinski definition) is 1. The Balaban J connectivity index is 3.35. The highest BCUT2D eigenvalue weighted by Gasteiger charge is 2.04. The maximum atomic E-state index is 12.7. The molecule has 0 aliphatic carbocycles. The van der Waals surface area contributed by atoms with Crippen molar-refractivity contribution in [1.82, 2.24) is 0 Å². The molecular formula is C7H4ClFN2. The fourth-order valence-electron chi connectivity index (χ4n) is 0.648. The van der Waals surface area contributed by atoms with Crippen LogP contribution in [0.25, 0.3) is 0 Å². The molecule has 0 aliphatic heterocycles. The van der Waals surface area contributed by atoms with Crippen LogP contribution < -0.4 is 5.73 Å². The Hall–Kier alpha value is -1.27. The van der Waals surface area contributed by atoms with E-state index in [1.165, 1.54) is 6.07 Å². The minimum atomic E-state index is -0.644. The molecule has 0 radical (unpaired) electrons. The second-order valence-corrected chi connectivity index (χ2v) is 2.37. The van der Waals surface area contributed by atoms with Gasteiger partial charge in [0, 0.05) is 0 Å². The molecule has 0 aliphatic rings. The summed E-state index contributed by atoms with van der Waals surface area (Å²) in [5.41, 5.74) is 5.31. The molecular weight excluding hydrogens is 167 g/mol. The normalized spacial score (nSPS) is 9.18. The van der Waals surface area contributed by atoms with Crippen molar-refractivity contribution in [2.75, 3.05) is 5.73 Å². The van der Waals surface area contributed by atoms with E-state index in [9.17, 15) is 4.39 Å². The molecule has 0 aromatic heterocycles. The minimum Gasteiger partial charge on any atom is -0.397 e. The SMILES string of the molecule is N#Cc1cc(Cl)c(N)cc1F. The van der Waals surface area contributed by atoms with E-state index in [1.54, 1.807) is 6.07 Å². The van der Waals surface area contributed by atoms with Gasteiger partial charge >= 0.3 is 0 Å². The van der Waals surface area contributed by atoms with Crippen LogP contribution in [-0.2, 0) is 0 Å². The van der Waals surface area contributed by atoms with E-state index in [4.69, 9.17) is 22.6 Å². The highest BCUT2D eigenvalue weighted by Crippen LogP contribution is 2.21. The molecule has 2 nitrogen and oxygen atoms in total. The largest absolute Gasteiger partial charge is 0.397 e. The van der Waals surface area contributed by atoms with Crippen molar-refractivity contribution in [2.24, 2.45) is 0 Å². The fraction of sp³-hybridized carbons (Fsp3) is 0. The van der Waals surface area contributed by atoms with Crippen molar-refractivity contribution in [3.63, 3.8) is 0 Å². The summed E-state index contributed by atoms with van der Waals surface area (Å²) in [7, 11) is 0. The van der Waals surface area contributed by atoms with Gasteiger partial charge in [0.05, 0.1) is 16.3 Å². The summed E-state index contributed by atoms with van der Waals surface area (Å²) < 4.78 is 12.7. The van der Waals surface area contributed by atoms with Gasteiger partial charge in [0.1, 0.15) is 11.9 Å². The van der Waals surface area contributed by atoms with Crippen molar-refractivity contribution in [1.29, 1.82) is 5.26 Å². The van der Waals surface area contributed by atoms with Gasteiger partial charge in [-0.25, -0.2) is 4.39 Å². The van der Waals surface area contributed by atoms with E-state index in [1.807, 2.05) is 0 Å². The Morgan fingerprint density at radius 3 is 2.73 bits per heavy atom. The third-order valence-corrected chi connectivity index (χ3v) is 1.53. The van der Waals surface area contributed by atoms with Gasteiger partial charge in [0.25, 0.3) is 0 Å². The third kappa shape index (κ3) is 1.41. The lowest BCUT2D eigenvalue weighted by Crippen LogP contribution is -1.90. The predicted molar refractivity (Wildman–Crippen MR) is 40.5 cm³/mol. The van der Waals surface area contributed by atoms with E-state index in [2.05, 4.69) is 0 Å². The van der Waals surface area contributed by atoms with E-state index in [0.717, 1.165) is 6.07 Å². The number of nitriles is 1. The quantitative estimate of drug-likeness (QED) is 0.605. The van der Waals surface area contributed by atoms with Crippen LogP contribution in [0.4, 0.5) is 10.1 Å².